The second-order valence-electron chi connectivity index (χ2n) is 5.07. The van der Waals surface area contributed by atoms with Crippen LogP contribution in [0.15, 0.2) is 36.4 Å². The third-order valence-corrected chi connectivity index (χ3v) is 4.14. The van der Waals surface area contributed by atoms with E-state index in [0.717, 1.165) is 11.1 Å². The van der Waals surface area contributed by atoms with Gasteiger partial charge in [-0.05, 0) is 48.6 Å². The first-order chi connectivity index (χ1) is 9.00. The van der Waals surface area contributed by atoms with Gasteiger partial charge in [0.15, 0.2) is 0 Å². The molecule has 0 fully saturated rings. The van der Waals surface area contributed by atoms with E-state index >= 15 is 0 Å². The molecule has 2 aromatic carbocycles. The molecular formula is C17H19ClO. The van der Waals surface area contributed by atoms with Crippen molar-refractivity contribution in [1.29, 1.82) is 0 Å². The van der Waals surface area contributed by atoms with Crippen LogP contribution in [0.25, 0.3) is 0 Å². The molecule has 0 bridgehead atoms. The number of aryl methyl sites for hydroxylation is 3. The van der Waals surface area contributed by atoms with E-state index in [9.17, 15) is 5.11 Å². The third-order valence-electron chi connectivity index (χ3n) is 3.62. The lowest BCUT2D eigenvalue weighted by Crippen LogP contribution is -2.06. The lowest BCUT2D eigenvalue weighted by molar-refractivity contribution is 0.178. The largest absolute Gasteiger partial charge is 0.388 e. The number of hydrogen-bond donors (Lipinski definition) is 1. The molecule has 0 saturated carbocycles. The molecule has 1 unspecified atom stereocenters. The summed E-state index contributed by atoms with van der Waals surface area (Å²) in [5.74, 6) is 0. The number of benzene rings is 2. The summed E-state index contributed by atoms with van der Waals surface area (Å²) in [4.78, 5) is 0. The van der Waals surface area contributed by atoms with E-state index in [4.69, 9.17) is 11.6 Å². The van der Waals surface area contributed by atoms with Gasteiger partial charge in [-0.25, -0.2) is 0 Å². The lowest BCUT2D eigenvalue weighted by atomic mass is 9.94. The van der Waals surface area contributed by atoms with Gasteiger partial charge in [0.25, 0.3) is 0 Å². The van der Waals surface area contributed by atoms with E-state index in [1.54, 1.807) is 0 Å². The van der Waals surface area contributed by atoms with E-state index in [0.29, 0.717) is 11.4 Å². The highest BCUT2D eigenvalue weighted by Crippen LogP contribution is 2.29. The van der Waals surface area contributed by atoms with Crippen LogP contribution in [-0.4, -0.2) is 5.11 Å². The van der Waals surface area contributed by atoms with Crippen molar-refractivity contribution >= 4 is 11.6 Å². The highest BCUT2D eigenvalue weighted by Gasteiger charge is 2.15. The summed E-state index contributed by atoms with van der Waals surface area (Å²) in [6.07, 6.45) is 0.0361. The number of aliphatic hydroxyl groups excluding tert-OH is 1. The van der Waals surface area contributed by atoms with Crippen LogP contribution in [0.4, 0.5) is 0 Å². The minimum Gasteiger partial charge on any atom is -0.388 e. The molecule has 0 spiro atoms. The summed E-state index contributed by atoms with van der Waals surface area (Å²) < 4.78 is 0. The maximum Gasteiger partial charge on any atom is 0.0845 e. The Morgan fingerprint density at radius 1 is 0.947 bits per heavy atom. The molecule has 0 aliphatic rings. The van der Waals surface area contributed by atoms with Gasteiger partial charge < -0.3 is 5.11 Å². The second-order valence-corrected chi connectivity index (χ2v) is 5.45. The average molecular weight is 275 g/mol. The summed E-state index contributed by atoms with van der Waals surface area (Å²) >= 11 is 6.27. The minimum atomic E-state index is -0.563. The van der Waals surface area contributed by atoms with Crippen LogP contribution < -0.4 is 0 Å². The van der Waals surface area contributed by atoms with Crippen molar-refractivity contribution in [1.82, 2.24) is 0 Å². The molecule has 2 heteroatoms. The summed E-state index contributed by atoms with van der Waals surface area (Å²) in [6, 6.07) is 12.0. The van der Waals surface area contributed by atoms with Crippen molar-refractivity contribution < 1.29 is 5.11 Å². The van der Waals surface area contributed by atoms with Crippen molar-refractivity contribution in [2.24, 2.45) is 0 Å². The molecule has 0 heterocycles. The Labute approximate surface area is 119 Å². The van der Waals surface area contributed by atoms with Crippen molar-refractivity contribution in [3.63, 3.8) is 0 Å². The molecular weight excluding hydrogens is 256 g/mol. The molecule has 0 aliphatic heterocycles. The molecule has 100 valence electrons. The Morgan fingerprint density at radius 3 is 2.11 bits per heavy atom. The summed E-state index contributed by atoms with van der Waals surface area (Å²) in [5, 5.41) is 11.1. The van der Waals surface area contributed by atoms with Gasteiger partial charge in [-0.2, -0.15) is 0 Å². The monoisotopic (exact) mass is 274 g/mol. The van der Waals surface area contributed by atoms with Crippen LogP contribution in [0.2, 0.25) is 5.02 Å². The van der Waals surface area contributed by atoms with Crippen LogP contribution >= 0.6 is 11.6 Å². The van der Waals surface area contributed by atoms with Crippen LogP contribution in [0.1, 0.15) is 33.9 Å². The quantitative estimate of drug-likeness (QED) is 0.871. The van der Waals surface area contributed by atoms with Gasteiger partial charge in [-0.3, -0.25) is 0 Å². The maximum atomic E-state index is 10.4. The normalized spacial score (nSPS) is 12.5. The predicted octanol–water partition coefficient (Wildman–Crippen LogP) is 4.54. The smallest absolute Gasteiger partial charge is 0.0845 e. The Bertz CT molecular complexity index is 570. The van der Waals surface area contributed by atoms with Gasteiger partial charge >= 0.3 is 0 Å². The first kappa shape index (κ1) is 14.1. The van der Waals surface area contributed by atoms with Crippen LogP contribution in [0, 0.1) is 20.8 Å². The lowest BCUT2D eigenvalue weighted by Gasteiger charge is -2.17. The molecule has 2 rings (SSSR count). The zero-order chi connectivity index (χ0) is 14.0. The minimum absolute atomic E-state index is 0.563. The Kier molecular flexibility index (Phi) is 4.28. The zero-order valence-corrected chi connectivity index (χ0v) is 12.3. The second kappa shape index (κ2) is 5.77. The Morgan fingerprint density at radius 2 is 1.47 bits per heavy atom. The summed E-state index contributed by atoms with van der Waals surface area (Å²) in [6.45, 7) is 6.11. The third kappa shape index (κ3) is 2.99. The Hall–Kier alpha value is -1.31. The predicted molar refractivity (Wildman–Crippen MR) is 80.8 cm³/mol. The van der Waals surface area contributed by atoms with Crippen LogP contribution in [0.5, 0.6) is 0 Å². The first-order valence-corrected chi connectivity index (χ1v) is 6.86. The highest BCUT2D eigenvalue weighted by atomic mass is 35.5. The topological polar surface area (TPSA) is 20.2 Å². The molecule has 1 atom stereocenters. The standard InChI is InChI=1S/C17H19ClO/c1-11-6-4-7-12(2)15(11)10-16(19)14-9-5-8-13(3)17(14)18/h4-9,16,19H,10H2,1-3H3. The molecule has 2 aromatic rings. The van der Waals surface area contributed by atoms with Gasteiger partial charge in [0.1, 0.15) is 0 Å². The fraction of sp³-hybridized carbons (Fsp3) is 0.294. The van der Waals surface area contributed by atoms with Gasteiger partial charge in [-0.1, -0.05) is 48.0 Å². The van der Waals surface area contributed by atoms with Gasteiger partial charge in [-0.15, -0.1) is 0 Å². The molecule has 0 aromatic heterocycles. The molecule has 0 saturated heterocycles. The molecule has 1 nitrogen and oxygen atoms in total. The van der Waals surface area contributed by atoms with E-state index in [1.165, 1.54) is 16.7 Å². The van der Waals surface area contributed by atoms with Gasteiger partial charge in [0, 0.05) is 11.4 Å². The van der Waals surface area contributed by atoms with Gasteiger partial charge in [0.05, 0.1) is 6.10 Å². The van der Waals surface area contributed by atoms with Crippen LogP contribution in [-0.2, 0) is 6.42 Å². The number of rotatable bonds is 3. The fourth-order valence-corrected chi connectivity index (χ4v) is 2.65. The fourth-order valence-electron chi connectivity index (χ4n) is 2.40. The molecule has 0 amide bonds. The van der Waals surface area contributed by atoms with E-state index in [2.05, 4.69) is 26.0 Å². The van der Waals surface area contributed by atoms with Crippen molar-refractivity contribution in [2.45, 2.75) is 33.3 Å². The zero-order valence-electron chi connectivity index (χ0n) is 11.6. The molecule has 0 aliphatic carbocycles. The summed E-state index contributed by atoms with van der Waals surface area (Å²) in [5.41, 5.74) is 5.43. The number of aliphatic hydroxyl groups is 1. The average Bonchev–Trinajstić information content (AvgIpc) is 2.37. The SMILES string of the molecule is Cc1cccc(C(O)Cc2c(C)cccc2C)c1Cl. The van der Waals surface area contributed by atoms with Crippen molar-refractivity contribution in [3.8, 4) is 0 Å². The van der Waals surface area contributed by atoms with Crippen LogP contribution in [0.3, 0.4) is 0 Å². The van der Waals surface area contributed by atoms with Crippen molar-refractivity contribution in [2.75, 3.05) is 0 Å². The summed E-state index contributed by atoms with van der Waals surface area (Å²) in [7, 11) is 0. The van der Waals surface area contributed by atoms with E-state index < -0.39 is 6.10 Å². The van der Waals surface area contributed by atoms with E-state index in [-0.39, 0.29) is 0 Å². The first-order valence-electron chi connectivity index (χ1n) is 6.49. The molecule has 19 heavy (non-hydrogen) atoms. The van der Waals surface area contributed by atoms with Crippen molar-refractivity contribution in [3.05, 3.63) is 69.2 Å². The van der Waals surface area contributed by atoms with Gasteiger partial charge in [0.2, 0.25) is 0 Å². The molecule has 0 radical (unpaired) electrons. The maximum absolute atomic E-state index is 10.4. The molecule has 1 N–H and O–H groups in total. The highest BCUT2D eigenvalue weighted by molar-refractivity contribution is 6.32. The van der Waals surface area contributed by atoms with E-state index in [1.807, 2.05) is 31.2 Å². The number of halogens is 1. The number of hydrogen-bond acceptors (Lipinski definition) is 1. The Balaban J connectivity index is 2.31.